The van der Waals surface area contributed by atoms with Gasteiger partial charge in [-0.05, 0) is 12.5 Å². The molecule has 0 aliphatic carbocycles. The van der Waals surface area contributed by atoms with Gasteiger partial charge in [-0.2, -0.15) is 0 Å². The normalized spacial score (nSPS) is 19.5. The van der Waals surface area contributed by atoms with E-state index >= 15 is 0 Å². The number of benzene rings is 1. The summed E-state index contributed by atoms with van der Waals surface area (Å²) in [5.41, 5.74) is 0.720. The Hall–Kier alpha value is -0.810. The zero-order chi connectivity index (χ0) is 10.8. The van der Waals surface area contributed by atoms with E-state index in [-0.39, 0.29) is 5.92 Å². The smallest absolute Gasteiger partial charge is 0.162 e. The van der Waals surface area contributed by atoms with Crippen LogP contribution in [0.4, 0.5) is 8.78 Å². The van der Waals surface area contributed by atoms with Crippen molar-refractivity contribution in [2.24, 2.45) is 5.14 Å². The molecule has 1 aliphatic rings. The summed E-state index contributed by atoms with van der Waals surface area (Å²) in [4.78, 5) is 0. The molecule has 0 radical (unpaired) electrons. The third-order valence-corrected chi connectivity index (χ3v) is 3.11. The second-order valence-electron chi connectivity index (χ2n) is 3.47. The van der Waals surface area contributed by atoms with Crippen molar-refractivity contribution >= 4 is 11.9 Å². The van der Waals surface area contributed by atoms with Gasteiger partial charge in [0.25, 0.3) is 0 Å². The quantitative estimate of drug-likeness (QED) is 0.794. The Morgan fingerprint density at radius 2 is 2.13 bits per heavy atom. The predicted molar refractivity (Wildman–Crippen MR) is 55.9 cm³/mol. The van der Waals surface area contributed by atoms with E-state index in [0.717, 1.165) is 18.1 Å². The van der Waals surface area contributed by atoms with Gasteiger partial charge in [0.1, 0.15) is 5.75 Å². The first-order chi connectivity index (χ1) is 7.22. The number of rotatable bonds is 2. The lowest BCUT2D eigenvalue weighted by atomic mass is 9.95. The molecular weight excluding hydrogens is 220 g/mol. The van der Waals surface area contributed by atoms with Crippen molar-refractivity contribution in [1.82, 2.24) is 0 Å². The van der Waals surface area contributed by atoms with Gasteiger partial charge in [0.05, 0.1) is 6.61 Å². The number of nitrogens with two attached hydrogens (primary N) is 1. The highest BCUT2D eigenvalue weighted by atomic mass is 32.2. The molecule has 0 amide bonds. The fourth-order valence-corrected chi connectivity index (χ4v) is 2.32. The zero-order valence-electron chi connectivity index (χ0n) is 8.00. The van der Waals surface area contributed by atoms with Gasteiger partial charge in [-0.15, -0.1) is 0 Å². The lowest BCUT2D eigenvalue weighted by molar-refractivity contribution is 0.270. The van der Waals surface area contributed by atoms with Crippen LogP contribution in [0.2, 0.25) is 0 Å². The number of halogens is 2. The molecule has 82 valence electrons. The third-order valence-electron chi connectivity index (χ3n) is 2.51. The minimum atomic E-state index is -0.866. The molecule has 1 unspecified atom stereocenters. The molecule has 15 heavy (non-hydrogen) atoms. The highest BCUT2D eigenvalue weighted by Crippen LogP contribution is 2.36. The molecule has 2 N–H and O–H groups in total. The van der Waals surface area contributed by atoms with Crippen LogP contribution in [0, 0.1) is 11.6 Å². The van der Waals surface area contributed by atoms with E-state index in [2.05, 4.69) is 0 Å². The van der Waals surface area contributed by atoms with Crippen LogP contribution in [-0.4, -0.2) is 12.4 Å². The Labute approximate surface area is 90.9 Å². The molecule has 5 heteroatoms. The fraction of sp³-hybridized carbons (Fsp3) is 0.400. The van der Waals surface area contributed by atoms with E-state index in [0.29, 0.717) is 18.1 Å². The molecule has 1 aromatic carbocycles. The van der Waals surface area contributed by atoms with Crippen LogP contribution < -0.4 is 9.88 Å². The molecule has 2 rings (SSSR count). The summed E-state index contributed by atoms with van der Waals surface area (Å²) in [7, 11) is 0. The maximum Gasteiger partial charge on any atom is 0.162 e. The molecule has 0 fully saturated rings. The average Bonchev–Trinajstić information content (AvgIpc) is 2.21. The van der Waals surface area contributed by atoms with Crippen LogP contribution in [0.15, 0.2) is 12.1 Å². The van der Waals surface area contributed by atoms with E-state index in [9.17, 15) is 8.78 Å². The summed E-state index contributed by atoms with van der Waals surface area (Å²) in [6.45, 7) is 0.531. The van der Waals surface area contributed by atoms with Gasteiger partial charge >= 0.3 is 0 Å². The molecular formula is C10H11F2NOS. The van der Waals surface area contributed by atoms with Crippen molar-refractivity contribution < 1.29 is 13.5 Å². The molecule has 2 nitrogen and oxygen atoms in total. The van der Waals surface area contributed by atoms with Gasteiger partial charge in [-0.1, -0.05) is 11.9 Å². The first-order valence-corrected chi connectivity index (χ1v) is 5.70. The van der Waals surface area contributed by atoms with Crippen LogP contribution in [0.1, 0.15) is 17.9 Å². The fourth-order valence-electron chi connectivity index (χ4n) is 1.74. The van der Waals surface area contributed by atoms with Crippen LogP contribution in [0.3, 0.4) is 0 Å². The molecule has 0 saturated carbocycles. The molecule has 1 heterocycles. The molecule has 0 spiro atoms. The second-order valence-corrected chi connectivity index (χ2v) is 4.14. The first kappa shape index (κ1) is 10.7. The molecule has 1 aromatic rings. The van der Waals surface area contributed by atoms with Gasteiger partial charge in [-0.3, -0.25) is 5.14 Å². The van der Waals surface area contributed by atoms with E-state index in [1.54, 1.807) is 0 Å². The van der Waals surface area contributed by atoms with Crippen molar-refractivity contribution in [3.63, 3.8) is 0 Å². The SMILES string of the molecule is NSCC1CCOc2cc(F)c(F)cc21. The monoisotopic (exact) mass is 231 g/mol. The predicted octanol–water partition coefficient (Wildman–Crippen LogP) is 2.44. The first-order valence-electron chi connectivity index (χ1n) is 4.66. The van der Waals surface area contributed by atoms with E-state index in [1.165, 1.54) is 18.0 Å². The topological polar surface area (TPSA) is 35.2 Å². The van der Waals surface area contributed by atoms with Crippen molar-refractivity contribution in [2.75, 3.05) is 12.4 Å². The summed E-state index contributed by atoms with van der Waals surface area (Å²) in [5, 5.41) is 5.39. The van der Waals surface area contributed by atoms with Crippen molar-refractivity contribution in [2.45, 2.75) is 12.3 Å². The maximum atomic E-state index is 13.1. The maximum absolute atomic E-state index is 13.1. The van der Waals surface area contributed by atoms with Gasteiger partial charge in [0, 0.05) is 23.3 Å². The molecule has 0 saturated heterocycles. The third kappa shape index (κ3) is 2.08. The van der Waals surface area contributed by atoms with Gasteiger partial charge < -0.3 is 4.74 Å². The van der Waals surface area contributed by atoms with Crippen LogP contribution in [-0.2, 0) is 0 Å². The number of ether oxygens (including phenoxy) is 1. The lowest BCUT2D eigenvalue weighted by Crippen LogP contribution is -2.17. The molecule has 1 aliphatic heterocycles. The Morgan fingerprint density at radius 3 is 2.87 bits per heavy atom. The largest absolute Gasteiger partial charge is 0.493 e. The van der Waals surface area contributed by atoms with Gasteiger partial charge in [0.15, 0.2) is 11.6 Å². The van der Waals surface area contributed by atoms with Crippen LogP contribution >= 0.6 is 11.9 Å². The van der Waals surface area contributed by atoms with E-state index < -0.39 is 11.6 Å². The van der Waals surface area contributed by atoms with Crippen molar-refractivity contribution in [3.05, 3.63) is 29.3 Å². The Kier molecular flexibility index (Phi) is 3.11. The summed E-state index contributed by atoms with van der Waals surface area (Å²) < 4.78 is 31.3. The van der Waals surface area contributed by atoms with Gasteiger partial charge in [-0.25, -0.2) is 8.78 Å². The zero-order valence-corrected chi connectivity index (χ0v) is 8.82. The lowest BCUT2D eigenvalue weighted by Gasteiger charge is -2.25. The van der Waals surface area contributed by atoms with Crippen molar-refractivity contribution in [1.29, 1.82) is 0 Å². The Morgan fingerprint density at radius 1 is 1.40 bits per heavy atom. The summed E-state index contributed by atoms with van der Waals surface area (Å²) in [6, 6.07) is 2.32. The summed E-state index contributed by atoms with van der Waals surface area (Å²) >= 11 is 1.21. The van der Waals surface area contributed by atoms with Crippen molar-refractivity contribution in [3.8, 4) is 5.75 Å². The number of hydrogen-bond donors (Lipinski definition) is 1. The number of fused-ring (bicyclic) bond motifs is 1. The Bertz CT molecular complexity index is 373. The number of hydrogen-bond acceptors (Lipinski definition) is 3. The average molecular weight is 231 g/mol. The highest BCUT2D eigenvalue weighted by Gasteiger charge is 2.23. The minimum Gasteiger partial charge on any atom is -0.493 e. The second kappa shape index (κ2) is 4.37. The Balaban J connectivity index is 2.38. The van der Waals surface area contributed by atoms with E-state index in [1.807, 2.05) is 0 Å². The van der Waals surface area contributed by atoms with Crippen LogP contribution in [0.5, 0.6) is 5.75 Å². The highest BCUT2D eigenvalue weighted by molar-refractivity contribution is 7.97. The molecule has 0 bridgehead atoms. The minimum absolute atomic E-state index is 0.152. The van der Waals surface area contributed by atoms with Gasteiger partial charge in [0.2, 0.25) is 0 Å². The molecule has 0 aromatic heterocycles. The summed E-state index contributed by atoms with van der Waals surface area (Å²) in [6.07, 6.45) is 0.794. The summed E-state index contributed by atoms with van der Waals surface area (Å²) in [5.74, 6) is -0.402. The van der Waals surface area contributed by atoms with E-state index in [4.69, 9.17) is 9.88 Å². The van der Waals surface area contributed by atoms with Crippen LogP contribution in [0.25, 0.3) is 0 Å². The standard InChI is InChI=1S/C10H11F2NOS/c11-8-3-7-6(5-15-13)1-2-14-10(7)4-9(8)12/h3-4,6H,1-2,5,13H2. The molecule has 1 atom stereocenters.